The lowest BCUT2D eigenvalue weighted by molar-refractivity contribution is 0.203. The second-order valence-electron chi connectivity index (χ2n) is 7.14. The summed E-state index contributed by atoms with van der Waals surface area (Å²) in [6.07, 6.45) is 3.31. The van der Waals surface area contributed by atoms with Crippen molar-refractivity contribution in [3.8, 4) is 0 Å². The molecule has 1 aromatic rings. The van der Waals surface area contributed by atoms with E-state index in [9.17, 15) is 23.1 Å². The van der Waals surface area contributed by atoms with E-state index in [4.69, 9.17) is 0 Å². The zero-order valence-corrected chi connectivity index (χ0v) is 14.6. The summed E-state index contributed by atoms with van der Waals surface area (Å²) >= 11 is 0. The molecular weight excluding hydrogens is 333 g/mol. The van der Waals surface area contributed by atoms with Crippen molar-refractivity contribution in [2.45, 2.75) is 75.5 Å². The van der Waals surface area contributed by atoms with Gasteiger partial charge in [0, 0.05) is 11.8 Å². The van der Waals surface area contributed by atoms with Crippen LogP contribution in [-0.4, -0.2) is 22.1 Å². The largest absolute Gasteiger partial charge is 0.356 e. The first-order valence-corrected chi connectivity index (χ1v) is 10.5. The molecule has 4 atom stereocenters. The molecule has 0 aromatic heterocycles. The van der Waals surface area contributed by atoms with Gasteiger partial charge in [-0.15, -0.1) is 0 Å². The van der Waals surface area contributed by atoms with E-state index >= 15 is 0 Å². The standard InChI is InChI=1S/C18H25F2O3P/c19-15-9-3-1-6-12(15)13-8-5-11-17(24(21,22)23)18(13)14-7-2-4-10-16(14)20/h5,8,11-12,14-16H,1-4,6-7,9-10H2,(H2,21,22,23). The fourth-order valence-corrected chi connectivity index (χ4v) is 5.29. The zero-order chi connectivity index (χ0) is 17.3. The Kier molecular flexibility index (Phi) is 5.43. The predicted molar refractivity (Wildman–Crippen MR) is 90.3 cm³/mol. The number of hydrogen-bond donors (Lipinski definition) is 2. The first-order chi connectivity index (χ1) is 11.4. The first-order valence-electron chi connectivity index (χ1n) is 8.86. The zero-order valence-electron chi connectivity index (χ0n) is 13.7. The molecule has 6 heteroatoms. The molecule has 0 bridgehead atoms. The van der Waals surface area contributed by atoms with Crippen molar-refractivity contribution in [1.82, 2.24) is 0 Å². The van der Waals surface area contributed by atoms with Crippen LogP contribution in [0, 0.1) is 0 Å². The number of halogens is 2. The van der Waals surface area contributed by atoms with Gasteiger partial charge in [0.15, 0.2) is 0 Å². The Balaban J connectivity index is 2.12. The third kappa shape index (κ3) is 3.58. The molecule has 0 amide bonds. The Hall–Kier alpha value is -0.770. The molecule has 24 heavy (non-hydrogen) atoms. The van der Waals surface area contributed by atoms with Gasteiger partial charge < -0.3 is 9.79 Å². The van der Waals surface area contributed by atoms with Crippen LogP contribution in [0.3, 0.4) is 0 Å². The van der Waals surface area contributed by atoms with Crippen LogP contribution in [0.25, 0.3) is 0 Å². The molecule has 2 N–H and O–H groups in total. The fraction of sp³-hybridized carbons (Fsp3) is 0.667. The highest BCUT2D eigenvalue weighted by atomic mass is 31.2. The van der Waals surface area contributed by atoms with Crippen molar-refractivity contribution < 1.29 is 23.1 Å². The highest BCUT2D eigenvalue weighted by Gasteiger charge is 2.37. The molecule has 0 spiro atoms. The van der Waals surface area contributed by atoms with Crippen LogP contribution in [0.2, 0.25) is 0 Å². The molecule has 2 fully saturated rings. The van der Waals surface area contributed by atoms with E-state index in [1.165, 1.54) is 6.07 Å². The van der Waals surface area contributed by atoms with E-state index in [0.29, 0.717) is 36.8 Å². The van der Waals surface area contributed by atoms with Gasteiger partial charge in [0.25, 0.3) is 0 Å². The summed E-state index contributed by atoms with van der Waals surface area (Å²) in [7, 11) is -4.54. The number of benzene rings is 1. The summed E-state index contributed by atoms with van der Waals surface area (Å²) < 4.78 is 41.1. The van der Waals surface area contributed by atoms with Crippen molar-refractivity contribution in [2.75, 3.05) is 0 Å². The van der Waals surface area contributed by atoms with Gasteiger partial charge >= 0.3 is 7.60 Å². The van der Waals surface area contributed by atoms with E-state index in [0.717, 1.165) is 25.7 Å². The van der Waals surface area contributed by atoms with E-state index in [2.05, 4.69) is 0 Å². The predicted octanol–water partition coefficient (Wildman–Crippen LogP) is 4.48. The minimum absolute atomic E-state index is 0.104. The number of hydrogen-bond acceptors (Lipinski definition) is 1. The quantitative estimate of drug-likeness (QED) is 0.783. The van der Waals surface area contributed by atoms with Crippen molar-refractivity contribution in [3.63, 3.8) is 0 Å². The van der Waals surface area contributed by atoms with Gasteiger partial charge in [0.2, 0.25) is 0 Å². The molecule has 3 nitrogen and oxygen atoms in total. The molecular formula is C18H25F2O3P. The molecule has 2 aliphatic rings. The Morgan fingerprint density at radius 3 is 1.96 bits per heavy atom. The van der Waals surface area contributed by atoms with Crippen LogP contribution >= 0.6 is 7.60 Å². The van der Waals surface area contributed by atoms with E-state index < -0.39 is 25.9 Å². The molecule has 134 valence electrons. The van der Waals surface area contributed by atoms with Gasteiger partial charge in [0.05, 0.1) is 5.30 Å². The van der Waals surface area contributed by atoms with Gasteiger partial charge in [-0.05, 0) is 42.9 Å². The highest BCUT2D eigenvalue weighted by molar-refractivity contribution is 7.60. The molecule has 1 aromatic carbocycles. The maximum Gasteiger partial charge on any atom is 0.356 e. The van der Waals surface area contributed by atoms with Crippen molar-refractivity contribution >= 4 is 12.9 Å². The Bertz CT molecular complexity index is 631. The second-order valence-corrected chi connectivity index (χ2v) is 8.71. The maximum absolute atomic E-state index is 14.6. The van der Waals surface area contributed by atoms with Crippen LogP contribution in [0.1, 0.15) is 74.3 Å². The normalized spacial score (nSPS) is 31.8. The Morgan fingerprint density at radius 1 is 0.875 bits per heavy atom. The molecule has 3 rings (SSSR count). The molecule has 0 aliphatic heterocycles. The number of alkyl halides is 2. The second kappa shape index (κ2) is 7.23. The minimum atomic E-state index is -4.54. The summed E-state index contributed by atoms with van der Waals surface area (Å²) in [4.78, 5) is 19.5. The van der Waals surface area contributed by atoms with E-state index in [1.54, 1.807) is 12.1 Å². The van der Waals surface area contributed by atoms with Gasteiger partial charge in [-0.3, -0.25) is 4.57 Å². The first kappa shape index (κ1) is 18.0. The maximum atomic E-state index is 14.6. The van der Waals surface area contributed by atoms with E-state index in [1.807, 2.05) is 0 Å². The molecule has 0 radical (unpaired) electrons. The van der Waals surface area contributed by atoms with E-state index in [-0.39, 0.29) is 11.2 Å². The van der Waals surface area contributed by atoms with Crippen molar-refractivity contribution in [3.05, 3.63) is 29.3 Å². The lowest BCUT2D eigenvalue weighted by Crippen LogP contribution is -2.29. The monoisotopic (exact) mass is 358 g/mol. The van der Waals surface area contributed by atoms with Gasteiger partial charge in [0.1, 0.15) is 12.3 Å². The summed E-state index contributed by atoms with van der Waals surface area (Å²) in [5, 5.41) is -0.104. The minimum Gasteiger partial charge on any atom is -0.321 e. The Morgan fingerprint density at radius 2 is 1.42 bits per heavy atom. The molecule has 0 heterocycles. The highest BCUT2D eigenvalue weighted by Crippen LogP contribution is 2.46. The summed E-state index contributed by atoms with van der Waals surface area (Å²) in [6, 6.07) is 4.71. The Labute approximate surface area is 141 Å². The third-order valence-corrected chi connectivity index (χ3v) is 6.58. The van der Waals surface area contributed by atoms with Crippen molar-refractivity contribution in [2.24, 2.45) is 0 Å². The van der Waals surface area contributed by atoms with Crippen LogP contribution in [0.15, 0.2) is 18.2 Å². The van der Waals surface area contributed by atoms with Crippen LogP contribution in [0.4, 0.5) is 8.78 Å². The smallest absolute Gasteiger partial charge is 0.321 e. The SMILES string of the molecule is O=P(O)(O)c1cccc(C2CCCCC2F)c1C1CCCCC1F. The molecule has 0 saturated heterocycles. The molecule has 4 unspecified atom stereocenters. The third-order valence-electron chi connectivity index (χ3n) is 5.56. The van der Waals surface area contributed by atoms with Gasteiger partial charge in [-0.2, -0.15) is 0 Å². The van der Waals surface area contributed by atoms with Crippen LogP contribution in [0.5, 0.6) is 0 Å². The van der Waals surface area contributed by atoms with Crippen LogP contribution in [-0.2, 0) is 4.57 Å². The average Bonchev–Trinajstić information content (AvgIpc) is 2.54. The lowest BCUT2D eigenvalue weighted by Gasteiger charge is -2.34. The van der Waals surface area contributed by atoms with Gasteiger partial charge in [-0.25, -0.2) is 8.78 Å². The lowest BCUT2D eigenvalue weighted by atomic mass is 9.74. The fourth-order valence-electron chi connectivity index (χ4n) is 4.40. The molecule has 2 saturated carbocycles. The van der Waals surface area contributed by atoms with Gasteiger partial charge in [-0.1, -0.05) is 37.8 Å². The summed E-state index contributed by atoms with van der Waals surface area (Å²) in [5.74, 6) is -0.916. The topological polar surface area (TPSA) is 57.5 Å². The summed E-state index contributed by atoms with van der Waals surface area (Å²) in [5.41, 5.74) is 1.02. The van der Waals surface area contributed by atoms with Crippen molar-refractivity contribution in [1.29, 1.82) is 0 Å². The molecule has 2 aliphatic carbocycles. The van der Waals surface area contributed by atoms with Crippen LogP contribution < -0.4 is 5.30 Å². The summed E-state index contributed by atoms with van der Waals surface area (Å²) in [6.45, 7) is 0. The average molecular weight is 358 g/mol. The number of rotatable bonds is 3.